The molecule has 1 aromatic carbocycles. The molecule has 1 atom stereocenters. The number of nitrogens with one attached hydrogen (secondary N) is 1. The Hall–Kier alpha value is -0.730. The van der Waals surface area contributed by atoms with Crippen molar-refractivity contribution in [3.05, 3.63) is 33.8 Å². The highest BCUT2D eigenvalue weighted by Gasteiger charge is 2.31. The summed E-state index contributed by atoms with van der Waals surface area (Å²) in [7, 11) is 0. The second-order valence-corrected chi connectivity index (χ2v) is 6.61. The van der Waals surface area contributed by atoms with Crippen molar-refractivity contribution in [2.45, 2.75) is 39.2 Å². The Bertz CT molecular complexity index is 451. The molecule has 1 aliphatic carbocycles. The number of hydrogen-bond acceptors (Lipinski definition) is 1. The Morgan fingerprint density at radius 3 is 2.39 bits per heavy atom. The van der Waals surface area contributed by atoms with Gasteiger partial charge in [0.25, 0.3) is 5.91 Å². The van der Waals surface area contributed by atoms with Crippen molar-refractivity contribution in [2.24, 2.45) is 5.41 Å². The van der Waals surface area contributed by atoms with Crippen LogP contribution in [-0.2, 0) is 0 Å². The van der Waals surface area contributed by atoms with E-state index in [1.165, 1.54) is 0 Å². The highest BCUT2D eigenvalue weighted by Crippen LogP contribution is 2.37. The third-order valence-electron chi connectivity index (χ3n) is 3.43. The van der Waals surface area contributed by atoms with Crippen molar-refractivity contribution in [1.29, 1.82) is 0 Å². The van der Waals surface area contributed by atoms with Crippen molar-refractivity contribution < 1.29 is 4.79 Å². The summed E-state index contributed by atoms with van der Waals surface area (Å²) in [6.45, 7) is 4.46. The third-order valence-corrected chi connectivity index (χ3v) is 3.86. The molecule has 1 aromatic rings. The van der Waals surface area contributed by atoms with E-state index in [1.807, 2.05) is 0 Å². The van der Waals surface area contributed by atoms with Crippen LogP contribution in [0.15, 0.2) is 18.2 Å². The van der Waals surface area contributed by atoms with Gasteiger partial charge in [-0.3, -0.25) is 4.79 Å². The van der Waals surface area contributed by atoms with Gasteiger partial charge in [0.05, 0.1) is 0 Å². The zero-order valence-corrected chi connectivity index (χ0v) is 12.1. The number of amides is 1. The predicted molar refractivity (Wildman–Crippen MR) is 75.3 cm³/mol. The van der Waals surface area contributed by atoms with E-state index in [2.05, 4.69) is 19.2 Å². The van der Waals surface area contributed by atoms with Gasteiger partial charge in [-0.15, -0.1) is 0 Å². The first kappa shape index (κ1) is 13.7. The minimum absolute atomic E-state index is 0.0953. The second-order valence-electron chi connectivity index (χ2n) is 5.74. The standard InChI is InChI=1S/C14H17Cl2NO/c1-14(2)4-3-12(8-14)17-13(18)9-5-10(15)7-11(16)6-9/h5-7,12H,3-4,8H2,1-2H3,(H,17,18). The van der Waals surface area contributed by atoms with E-state index in [9.17, 15) is 4.79 Å². The molecule has 1 aliphatic rings. The molecular formula is C14H17Cl2NO. The van der Waals surface area contributed by atoms with Gasteiger partial charge in [0, 0.05) is 21.7 Å². The van der Waals surface area contributed by atoms with E-state index in [0.29, 0.717) is 21.0 Å². The maximum absolute atomic E-state index is 12.1. The highest BCUT2D eigenvalue weighted by atomic mass is 35.5. The Balaban J connectivity index is 2.04. The fourth-order valence-electron chi connectivity index (χ4n) is 2.51. The molecule has 0 saturated heterocycles. The number of halogens is 2. The van der Waals surface area contributed by atoms with Gasteiger partial charge in [-0.25, -0.2) is 0 Å². The second kappa shape index (κ2) is 5.10. The van der Waals surface area contributed by atoms with Crippen LogP contribution in [0.5, 0.6) is 0 Å². The first-order valence-corrected chi connectivity index (χ1v) is 6.88. The van der Waals surface area contributed by atoms with Gasteiger partial charge in [-0.05, 0) is 42.9 Å². The summed E-state index contributed by atoms with van der Waals surface area (Å²) >= 11 is 11.8. The van der Waals surface area contributed by atoms with E-state index in [-0.39, 0.29) is 11.9 Å². The largest absolute Gasteiger partial charge is 0.349 e. The molecule has 2 nitrogen and oxygen atoms in total. The summed E-state index contributed by atoms with van der Waals surface area (Å²) in [6, 6.07) is 5.16. The van der Waals surface area contributed by atoms with Crippen LogP contribution in [0.1, 0.15) is 43.5 Å². The molecule has 0 spiro atoms. The first-order valence-electron chi connectivity index (χ1n) is 6.13. The van der Waals surface area contributed by atoms with Crippen LogP contribution >= 0.6 is 23.2 Å². The molecule has 1 unspecified atom stereocenters. The molecule has 2 rings (SSSR count). The number of benzene rings is 1. The Labute approximate surface area is 118 Å². The Kier molecular flexibility index (Phi) is 3.88. The van der Waals surface area contributed by atoms with Gasteiger partial charge in [-0.1, -0.05) is 37.0 Å². The zero-order valence-electron chi connectivity index (χ0n) is 10.6. The van der Waals surface area contributed by atoms with Gasteiger partial charge >= 0.3 is 0 Å². The van der Waals surface area contributed by atoms with Crippen LogP contribution in [0, 0.1) is 5.41 Å². The molecule has 0 heterocycles. The van der Waals surface area contributed by atoms with Gasteiger partial charge in [-0.2, -0.15) is 0 Å². The summed E-state index contributed by atoms with van der Waals surface area (Å²) in [5, 5.41) is 4.02. The van der Waals surface area contributed by atoms with E-state index in [1.54, 1.807) is 18.2 Å². The third kappa shape index (κ3) is 3.39. The fraction of sp³-hybridized carbons (Fsp3) is 0.500. The summed E-state index contributed by atoms with van der Waals surface area (Å²) in [4.78, 5) is 12.1. The van der Waals surface area contributed by atoms with Crippen LogP contribution < -0.4 is 5.32 Å². The lowest BCUT2D eigenvalue weighted by molar-refractivity contribution is 0.0936. The molecule has 98 valence electrons. The summed E-state index contributed by atoms with van der Waals surface area (Å²) < 4.78 is 0. The summed E-state index contributed by atoms with van der Waals surface area (Å²) in [6.07, 6.45) is 3.20. The maximum atomic E-state index is 12.1. The molecule has 0 bridgehead atoms. The molecule has 0 aromatic heterocycles. The summed E-state index contributed by atoms with van der Waals surface area (Å²) in [5.74, 6) is -0.0953. The first-order chi connectivity index (χ1) is 8.35. The average molecular weight is 286 g/mol. The minimum Gasteiger partial charge on any atom is -0.349 e. The Morgan fingerprint density at radius 1 is 1.28 bits per heavy atom. The van der Waals surface area contributed by atoms with E-state index in [4.69, 9.17) is 23.2 Å². The normalized spacial score (nSPS) is 21.9. The van der Waals surface area contributed by atoms with Gasteiger partial charge in [0.15, 0.2) is 0 Å². The number of hydrogen-bond donors (Lipinski definition) is 1. The number of carbonyl (C=O) groups is 1. The van der Waals surface area contributed by atoms with Crippen LogP contribution in [0.4, 0.5) is 0 Å². The molecule has 4 heteroatoms. The lowest BCUT2D eigenvalue weighted by Crippen LogP contribution is -2.33. The highest BCUT2D eigenvalue weighted by molar-refractivity contribution is 6.35. The van der Waals surface area contributed by atoms with Gasteiger partial charge < -0.3 is 5.32 Å². The van der Waals surface area contributed by atoms with E-state index in [0.717, 1.165) is 19.3 Å². The lowest BCUT2D eigenvalue weighted by atomic mass is 9.92. The molecule has 1 saturated carbocycles. The average Bonchev–Trinajstić information content (AvgIpc) is 2.56. The molecule has 0 radical (unpaired) electrons. The van der Waals surface area contributed by atoms with E-state index < -0.39 is 0 Å². The van der Waals surface area contributed by atoms with Crippen LogP contribution in [0.25, 0.3) is 0 Å². The van der Waals surface area contributed by atoms with Crippen molar-refractivity contribution in [3.8, 4) is 0 Å². The molecule has 1 N–H and O–H groups in total. The maximum Gasteiger partial charge on any atom is 0.251 e. The van der Waals surface area contributed by atoms with Crippen molar-refractivity contribution in [1.82, 2.24) is 5.32 Å². The zero-order chi connectivity index (χ0) is 13.3. The van der Waals surface area contributed by atoms with E-state index >= 15 is 0 Å². The lowest BCUT2D eigenvalue weighted by Gasteiger charge is -2.18. The smallest absolute Gasteiger partial charge is 0.251 e. The SMILES string of the molecule is CC1(C)CCC(NC(=O)c2cc(Cl)cc(Cl)c2)C1. The van der Waals surface area contributed by atoms with Gasteiger partial charge in [0.2, 0.25) is 0 Å². The van der Waals surface area contributed by atoms with Crippen LogP contribution in [0.2, 0.25) is 10.0 Å². The van der Waals surface area contributed by atoms with Gasteiger partial charge in [0.1, 0.15) is 0 Å². The minimum atomic E-state index is -0.0953. The topological polar surface area (TPSA) is 29.1 Å². The van der Waals surface area contributed by atoms with Crippen molar-refractivity contribution >= 4 is 29.1 Å². The van der Waals surface area contributed by atoms with Crippen LogP contribution in [0.3, 0.4) is 0 Å². The summed E-state index contributed by atoms with van der Waals surface area (Å²) in [5.41, 5.74) is 0.849. The predicted octanol–water partition coefficient (Wildman–Crippen LogP) is 4.30. The molecule has 18 heavy (non-hydrogen) atoms. The molecular weight excluding hydrogens is 269 g/mol. The molecule has 1 amide bonds. The molecule has 0 aliphatic heterocycles. The van der Waals surface area contributed by atoms with Crippen molar-refractivity contribution in [2.75, 3.05) is 0 Å². The number of carbonyl (C=O) groups excluding carboxylic acids is 1. The number of rotatable bonds is 2. The quantitative estimate of drug-likeness (QED) is 0.862. The Morgan fingerprint density at radius 2 is 1.89 bits per heavy atom. The monoisotopic (exact) mass is 285 g/mol. The fourth-order valence-corrected chi connectivity index (χ4v) is 3.04. The van der Waals surface area contributed by atoms with Crippen LogP contribution in [-0.4, -0.2) is 11.9 Å². The molecule has 1 fully saturated rings. The van der Waals surface area contributed by atoms with Crippen molar-refractivity contribution in [3.63, 3.8) is 0 Å².